The third-order valence-electron chi connectivity index (χ3n) is 2.37. The molecule has 0 saturated heterocycles. The molecule has 2 rings (SSSR count). The summed E-state index contributed by atoms with van der Waals surface area (Å²) in [5.41, 5.74) is 3.04. The van der Waals surface area contributed by atoms with Gasteiger partial charge in [-0.25, -0.2) is 4.98 Å². The molecule has 0 atom stereocenters. The van der Waals surface area contributed by atoms with Crippen LogP contribution in [0.25, 0.3) is 0 Å². The smallest absolute Gasteiger partial charge is 0.251 e. The van der Waals surface area contributed by atoms with Crippen LogP contribution in [0.5, 0.6) is 0 Å². The van der Waals surface area contributed by atoms with E-state index in [0.717, 1.165) is 17.1 Å². The van der Waals surface area contributed by atoms with E-state index in [2.05, 4.69) is 29.0 Å². The Hall–Kier alpha value is -1.90. The topological polar surface area (TPSA) is 45.8 Å². The van der Waals surface area contributed by atoms with Gasteiger partial charge in [0, 0.05) is 18.2 Å². The fraction of sp³-hybridized carbons (Fsp3) is 0.231. The van der Waals surface area contributed by atoms with Crippen molar-refractivity contribution in [2.75, 3.05) is 0 Å². The molecule has 3 heteroatoms. The lowest BCUT2D eigenvalue weighted by Gasteiger charge is -2.03. The SMILES string of the molecule is Cc1cccc(Cc2nc(C)cc(=O)[nH]2)c1. The molecule has 16 heavy (non-hydrogen) atoms. The number of hydrogen-bond donors (Lipinski definition) is 1. The first kappa shape index (κ1) is 10.6. The molecule has 82 valence electrons. The van der Waals surface area contributed by atoms with E-state index in [0.29, 0.717) is 6.42 Å². The fourth-order valence-electron chi connectivity index (χ4n) is 1.74. The van der Waals surface area contributed by atoms with Gasteiger partial charge in [-0.15, -0.1) is 0 Å². The van der Waals surface area contributed by atoms with Gasteiger partial charge in [0.25, 0.3) is 5.56 Å². The van der Waals surface area contributed by atoms with Gasteiger partial charge in [0.15, 0.2) is 0 Å². The molecule has 1 aromatic carbocycles. The number of rotatable bonds is 2. The molecule has 0 bridgehead atoms. The molecule has 2 aromatic rings. The van der Waals surface area contributed by atoms with Crippen molar-refractivity contribution in [3.8, 4) is 0 Å². The number of hydrogen-bond acceptors (Lipinski definition) is 2. The van der Waals surface area contributed by atoms with E-state index >= 15 is 0 Å². The maximum Gasteiger partial charge on any atom is 0.251 e. The van der Waals surface area contributed by atoms with Gasteiger partial charge in [0.1, 0.15) is 5.82 Å². The lowest BCUT2D eigenvalue weighted by Crippen LogP contribution is -2.11. The van der Waals surface area contributed by atoms with Crippen LogP contribution in [0.3, 0.4) is 0 Å². The second-order valence-corrected chi connectivity index (χ2v) is 4.00. The molecule has 0 amide bonds. The fourth-order valence-corrected chi connectivity index (χ4v) is 1.74. The second kappa shape index (κ2) is 4.31. The molecule has 3 nitrogen and oxygen atoms in total. The molecule has 0 unspecified atom stereocenters. The summed E-state index contributed by atoms with van der Waals surface area (Å²) in [6.45, 7) is 3.88. The predicted octanol–water partition coefficient (Wildman–Crippen LogP) is 1.98. The Morgan fingerprint density at radius 3 is 2.75 bits per heavy atom. The summed E-state index contributed by atoms with van der Waals surface area (Å²) in [5.74, 6) is 0.718. The first-order valence-electron chi connectivity index (χ1n) is 5.26. The molecule has 1 heterocycles. The lowest BCUT2D eigenvalue weighted by molar-refractivity contribution is 0.920. The number of benzene rings is 1. The van der Waals surface area contributed by atoms with E-state index in [1.54, 1.807) is 0 Å². The van der Waals surface area contributed by atoms with Crippen LogP contribution < -0.4 is 5.56 Å². The van der Waals surface area contributed by atoms with Crippen molar-refractivity contribution in [2.45, 2.75) is 20.3 Å². The van der Waals surface area contributed by atoms with Crippen LogP contribution in [0.1, 0.15) is 22.6 Å². The van der Waals surface area contributed by atoms with E-state index < -0.39 is 0 Å². The summed E-state index contributed by atoms with van der Waals surface area (Å²) in [7, 11) is 0. The van der Waals surface area contributed by atoms with E-state index in [-0.39, 0.29) is 5.56 Å². The van der Waals surface area contributed by atoms with Crippen LogP contribution in [0, 0.1) is 13.8 Å². The molecule has 0 radical (unpaired) electrons. The van der Waals surface area contributed by atoms with Crippen molar-refractivity contribution in [1.29, 1.82) is 0 Å². The first-order valence-corrected chi connectivity index (χ1v) is 5.26. The average molecular weight is 214 g/mol. The lowest BCUT2D eigenvalue weighted by atomic mass is 10.1. The van der Waals surface area contributed by atoms with E-state index in [9.17, 15) is 4.79 Å². The van der Waals surface area contributed by atoms with Crippen molar-refractivity contribution < 1.29 is 0 Å². The summed E-state index contributed by atoms with van der Waals surface area (Å²) in [6.07, 6.45) is 0.665. The van der Waals surface area contributed by atoms with E-state index in [4.69, 9.17) is 0 Å². The maximum atomic E-state index is 11.3. The zero-order valence-corrected chi connectivity index (χ0v) is 9.45. The molecule has 0 aliphatic heterocycles. The molecule has 0 aliphatic carbocycles. The van der Waals surface area contributed by atoms with Crippen LogP contribution in [0.2, 0.25) is 0 Å². The van der Waals surface area contributed by atoms with E-state index in [1.807, 2.05) is 19.1 Å². The quantitative estimate of drug-likeness (QED) is 0.830. The van der Waals surface area contributed by atoms with Crippen LogP contribution in [0.15, 0.2) is 35.1 Å². The Balaban J connectivity index is 2.30. The van der Waals surface area contributed by atoms with Gasteiger partial charge in [-0.3, -0.25) is 4.79 Å². The summed E-state index contributed by atoms with van der Waals surface area (Å²) < 4.78 is 0. The molecule has 1 aromatic heterocycles. The number of aryl methyl sites for hydroxylation is 2. The van der Waals surface area contributed by atoms with Crippen LogP contribution in [-0.2, 0) is 6.42 Å². The van der Waals surface area contributed by atoms with Crippen molar-refractivity contribution >= 4 is 0 Å². The molecule has 0 saturated carbocycles. The molecule has 0 fully saturated rings. The van der Waals surface area contributed by atoms with Crippen LogP contribution in [-0.4, -0.2) is 9.97 Å². The van der Waals surface area contributed by atoms with E-state index in [1.165, 1.54) is 11.6 Å². The number of nitrogens with one attached hydrogen (secondary N) is 1. The minimum absolute atomic E-state index is 0.0878. The van der Waals surface area contributed by atoms with Crippen molar-refractivity contribution in [3.63, 3.8) is 0 Å². The normalized spacial score (nSPS) is 10.4. The summed E-state index contributed by atoms with van der Waals surface area (Å²) in [5, 5.41) is 0. The van der Waals surface area contributed by atoms with Crippen molar-refractivity contribution in [3.05, 3.63) is 63.3 Å². The molecule has 0 spiro atoms. The number of aromatic amines is 1. The van der Waals surface area contributed by atoms with Crippen molar-refractivity contribution in [1.82, 2.24) is 9.97 Å². The average Bonchev–Trinajstić information content (AvgIpc) is 2.15. The number of aromatic nitrogens is 2. The number of nitrogens with zero attached hydrogens (tertiary/aromatic N) is 1. The molecular weight excluding hydrogens is 200 g/mol. The Morgan fingerprint density at radius 1 is 1.25 bits per heavy atom. The minimum atomic E-state index is -0.0878. The van der Waals surface area contributed by atoms with Crippen LogP contribution >= 0.6 is 0 Å². The number of H-pyrrole nitrogens is 1. The highest BCUT2D eigenvalue weighted by atomic mass is 16.1. The van der Waals surface area contributed by atoms with Crippen LogP contribution in [0.4, 0.5) is 0 Å². The Labute approximate surface area is 94.2 Å². The third kappa shape index (κ3) is 2.57. The zero-order valence-electron chi connectivity index (χ0n) is 9.45. The van der Waals surface area contributed by atoms with Gasteiger partial charge in [0.2, 0.25) is 0 Å². The largest absolute Gasteiger partial charge is 0.310 e. The van der Waals surface area contributed by atoms with Gasteiger partial charge in [-0.2, -0.15) is 0 Å². The van der Waals surface area contributed by atoms with Gasteiger partial charge >= 0.3 is 0 Å². The first-order chi connectivity index (χ1) is 7.63. The summed E-state index contributed by atoms with van der Waals surface area (Å²) in [4.78, 5) is 18.3. The van der Waals surface area contributed by atoms with Gasteiger partial charge in [-0.05, 0) is 19.4 Å². The molecule has 0 aliphatic rings. The van der Waals surface area contributed by atoms with Crippen molar-refractivity contribution in [2.24, 2.45) is 0 Å². The highest BCUT2D eigenvalue weighted by Crippen LogP contribution is 2.07. The maximum absolute atomic E-state index is 11.3. The molecule has 1 N–H and O–H groups in total. The minimum Gasteiger partial charge on any atom is -0.310 e. The predicted molar refractivity (Wildman–Crippen MR) is 63.6 cm³/mol. The Bertz CT molecular complexity index is 558. The summed E-state index contributed by atoms with van der Waals surface area (Å²) >= 11 is 0. The van der Waals surface area contributed by atoms with Gasteiger partial charge < -0.3 is 4.98 Å². The molecular formula is C13H14N2O. The zero-order chi connectivity index (χ0) is 11.5. The van der Waals surface area contributed by atoms with Gasteiger partial charge in [0.05, 0.1) is 0 Å². The standard InChI is InChI=1S/C13H14N2O/c1-9-4-3-5-11(6-9)8-12-14-10(2)7-13(16)15-12/h3-7H,8H2,1-2H3,(H,14,15,16). The monoisotopic (exact) mass is 214 g/mol. The second-order valence-electron chi connectivity index (χ2n) is 4.00. The highest BCUT2D eigenvalue weighted by molar-refractivity contribution is 5.24. The third-order valence-corrected chi connectivity index (χ3v) is 2.37. The highest BCUT2D eigenvalue weighted by Gasteiger charge is 2.00. The Morgan fingerprint density at radius 2 is 2.06 bits per heavy atom. The summed E-state index contributed by atoms with van der Waals surface area (Å²) in [6, 6.07) is 9.70. The van der Waals surface area contributed by atoms with Gasteiger partial charge in [-0.1, -0.05) is 29.8 Å². The Kier molecular flexibility index (Phi) is 2.86.